The van der Waals surface area contributed by atoms with Gasteiger partial charge in [-0.1, -0.05) is 19.3 Å². The Balaban J connectivity index is 0.00000220. The van der Waals surface area contributed by atoms with E-state index < -0.39 is 0 Å². The van der Waals surface area contributed by atoms with E-state index in [1.165, 1.54) is 43.4 Å². The molecule has 1 fully saturated rings. The minimum atomic E-state index is 0. The molecular formula is C15H28IN5. The van der Waals surface area contributed by atoms with Crippen LogP contribution in [0.1, 0.15) is 49.1 Å². The first kappa shape index (κ1) is 18.3. The summed E-state index contributed by atoms with van der Waals surface area (Å²) in [4.78, 5) is 4.33. The molecule has 5 nitrogen and oxygen atoms in total. The Morgan fingerprint density at radius 3 is 2.48 bits per heavy atom. The second kappa shape index (κ2) is 8.60. The van der Waals surface area contributed by atoms with Gasteiger partial charge in [-0.25, -0.2) is 0 Å². The topological polar surface area (TPSA) is 54.2 Å². The second-order valence-corrected chi connectivity index (χ2v) is 5.68. The van der Waals surface area contributed by atoms with E-state index in [0.717, 1.165) is 18.2 Å². The van der Waals surface area contributed by atoms with E-state index in [1.54, 1.807) is 0 Å². The molecule has 2 rings (SSSR count). The van der Waals surface area contributed by atoms with Gasteiger partial charge in [0.2, 0.25) is 0 Å². The Morgan fingerprint density at radius 2 is 1.95 bits per heavy atom. The van der Waals surface area contributed by atoms with Crippen LogP contribution in [0.3, 0.4) is 0 Å². The molecule has 0 radical (unpaired) electrons. The van der Waals surface area contributed by atoms with E-state index in [1.807, 2.05) is 18.8 Å². The van der Waals surface area contributed by atoms with Gasteiger partial charge in [0.15, 0.2) is 5.96 Å². The fourth-order valence-corrected chi connectivity index (χ4v) is 2.88. The summed E-state index contributed by atoms with van der Waals surface area (Å²) < 4.78 is 1.93. The molecule has 6 heteroatoms. The maximum Gasteiger partial charge on any atom is 0.191 e. The number of nitrogens with one attached hydrogen (secondary N) is 2. The highest BCUT2D eigenvalue weighted by Gasteiger charge is 2.15. The number of aromatic nitrogens is 2. The van der Waals surface area contributed by atoms with Crippen LogP contribution in [0.25, 0.3) is 0 Å². The summed E-state index contributed by atoms with van der Waals surface area (Å²) in [7, 11) is 3.82. The van der Waals surface area contributed by atoms with Gasteiger partial charge in [0.05, 0.1) is 5.69 Å². The Kier molecular flexibility index (Phi) is 7.48. The van der Waals surface area contributed by atoms with Crippen molar-refractivity contribution in [2.45, 2.75) is 58.5 Å². The average molecular weight is 405 g/mol. The molecule has 1 aromatic rings. The van der Waals surface area contributed by atoms with Crippen LogP contribution in [0.15, 0.2) is 4.99 Å². The van der Waals surface area contributed by atoms with Gasteiger partial charge < -0.3 is 10.6 Å². The lowest BCUT2D eigenvalue weighted by atomic mass is 9.96. The molecule has 1 aliphatic carbocycles. The Morgan fingerprint density at radius 1 is 1.29 bits per heavy atom. The number of hydrogen-bond donors (Lipinski definition) is 2. The summed E-state index contributed by atoms with van der Waals surface area (Å²) in [5, 5.41) is 11.4. The Bertz CT molecular complexity index is 475. The molecule has 1 heterocycles. The number of rotatable bonds is 3. The molecule has 0 aliphatic heterocycles. The smallest absolute Gasteiger partial charge is 0.191 e. The van der Waals surface area contributed by atoms with Gasteiger partial charge in [-0.2, -0.15) is 5.10 Å². The number of hydrogen-bond acceptors (Lipinski definition) is 2. The molecule has 0 aromatic carbocycles. The average Bonchev–Trinajstić information content (AvgIpc) is 2.70. The fraction of sp³-hybridized carbons (Fsp3) is 0.733. The quantitative estimate of drug-likeness (QED) is 0.462. The molecule has 1 saturated carbocycles. The first-order valence-corrected chi connectivity index (χ1v) is 7.58. The summed E-state index contributed by atoms with van der Waals surface area (Å²) in [6.45, 7) is 4.94. The second-order valence-electron chi connectivity index (χ2n) is 5.68. The highest BCUT2D eigenvalue weighted by Crippen LogP contribution is 2.17. The predicted molar refractivity (Wildman–Crippen MR) is 98.3 cm³/mol. The summed E-state index contributed by atoms with van der Waals surface area (Å²) in [6, 6.07) is 0.575. The molecule has 0 saturated heterocycles. The van der Waals surface area contributed by atoms with Crippen molar-refractivity contribution in [3.05, 3.63) is 17.0 Å². The van der Waals surface area contributed by atoms with Crippen LogP contribution in [0.5, 0.6) is 0 Å². The lowest BCUT2D eigenvalue weighted by molar-refractivity contribution is 0.410. The first-order valence-electron chi connectivity index (χ1n) is 7.58. The van der Waals surface area contributed by atoms with Gasteiger partial charge >= 0.3 is 0 Å². The maximum absolute atomic E-state index is 4.45. The molecule has 0 unspecified atom stereocenters. The summed E-state index contributed by atoms with van der Waals surface area (Å²) in [6.07, 6.45) is 6.54. The van der Waals surface area contributed by atoms with Crippen molar-refractivity contribution >= 4 is 29.9 Å². The standard InChI is InChI=1S/C15H27N5.HI/c1-11-14(12(2)20(4)19-11)10-17-15(16-3)18-13-8-6-5-7-9-13;/h13H,5-10H2,1-4H3,(H2,16,17,18);1H. The van der Waals surface area contributed by atoms with E-state index in [-0.39, 0.29) is 24.0 Å². The molecule has 0 atom stereocenters. The molecule has 21 heavy (non-hydrogen) atoms. The van der Waals surface area contributed by atoms with Gasteiger partial charge in [-0.15, -0.1) is 24.0 Å². The SMILES string of the molecule is CN=C(NCc1c(C)nn(C)c1C)NC1CCCCC1.I. The van der Waals surface area contributed by atoms with Crippen molar-refractivity contribution in [2.24, 2.45) is 12.0 Å². The summed E-state index contributed by atoms with van der Waals surface area (Å²) in [5.41, 5.74) is 3.56. The monoisotopic (exact) mass is 405 g/mol. The lowest BCUT2D eigenvalue weighted by Gasteiger charge is -2.24. The minimum Gasteiger partial charge on any atom is -0.354 e. The number of aryl methyl sites for hydroxylation is 2. The van der Waals surface area contributed by atoms with Crippen LogP contribution in [0, 0.1) is 13.8 Å². The number of guanidine groups is 1. The maximum atomic E-state index is 4.45. The zero-order valence-electron chi connectivity index (χ0n) is 13.6. The molecule has 1 aromatic heterocycles. The van der Waals surface area contributed by atoms with E-state index in [2.05, 4.69) is 34.6 Å². The minimum absolute atomic E-state index is 0. The van der Waals surface area contributed by atoms with Crippen molar-refractivity contribution in [1.82, 2.24) is 20.4 Å². The fourth-order valence-electron chi connectivity index (χ4n) is 2.88. The van der Waals surface area contributed by atoms with Gasteiger partial charge in [-0.05, 0) is 26.7 Å². The van der Waals surface area contributed by atoms with Gasteiger partial charge in [0.1, 0.15) is 0 Å². The largest absolute Gasteiger partial charge is 0.354 e. The third-order valence-corrected chi connectivity index (χ3v) is 4.26. The van der Waals surface area contributed by atoms with E-state index >= 15 is 0 Å². The summed E-state index contributed by atoms with van der Waals surface area (Å²) in [5.74, 6) is 0.902. The van der Waals surface area contributed by atoms with Crippen molar-refractivity contribution in [2.75, 3.05) is 7.05 Å². The molecule has 0 spiro atoms. The van der Waals surface area contributed by atoms with Crippen molar-refractivity contribution in [3.8, 4) is 0 Å². The lowest BCUT2D eigenvalue weighted by Crippen LogP contribution is -2.43. The van der Waals surface area contributed by atoms with E-state index in [0.29, 0.717) is 6.04 Å². The number of nitrogens with zero attached hydrogens (tertiary/aromatic N) is 3. The number of halogens is 1. The zero-order chi connectivity index (χ0) is 14.5. The first-order chi connectivity index (χ1) is 9.61. The van der Waals surface area contributed by atoms with Crippen LogP contribution >= 0.6 is 24.0 Å². The molecule has 120 valence electrons. The van der Waals surface area contributed by atoms with Crippen molar-refractivity contribution in [3.63, 3.8) is 0 Å². The van der Waals surface area contributed by atoms with Crippen LogP contribution in [0.4, 0.5) is 0 Å². The third kappa shape index (κ3) is 4.86. The molecule has 1 aliphatic rings. The van der Waals surface area contributed by atoms with Crippen molar-refractivity contribution < 1.29 is 0 Å². The normalized spacial score (nSPS) is 16.5. The third-order valence-electron chi connectivity index (χ3n) is 4.26. The molecule has 2 N–H and O–H groups in total. The van der Waals surface area contributed by atoms with Crippen LogP contribution < -0.4 is 10.6 Å². The summed E-state index contributed by atoms with van der Waals surface area (Å²) >= 11 is 0. The predicted octanol–water partition coefficient (Wildman–Crippen LogP) is 2.65. The molecular weight excluding hydrogens is 377 g/mol. The molecule has 0 amide bonds. The van der Waals surface area contributed by atoms with Crippen molar-refractivity contribution in [1.29, 1.82) is 0 Å². The number of aliphatic imine (C=N–C) groups is 1. The Hall–Kier alpha value is -0.790. The van der Waals surface area contributed by atoms with E-state index in [9.17, 15) is 0 Å². The zero-order valence-corrected chi connectivity index (χ0v) is 15.9. The van der Waals surface area contributed by atoms with Gasteiger partial charge in [0.25, 0.3) is 0 Å². The van der Waals surface area contributed by atoms with Gasteiger partial charge in [-0.3, -0.25) is 9.67 Å². The van der Waals surface area contributed by atoms with Crippen LogP contribution in [-0.2, 0) is 13.6 Å². The highest BCUT2D eigenvalue weighted by molar-refractivity contribution is 14.0. The molecule has 0 bridgehead atoms. The van der Waals surface area contributed by atoms with E-state index in [4.69, 9.17) is 0 Å². The highest BCUT2D eigenvalue weighted by atomic mass is 127. The van der Waals surface area contributed by atoms with Gasteiger partial charge in [0, 0.05) is 37.9 Å². The van der Waals surface area contributed by atoms with Crippen LogP contribution in [0.2, 0.25) is 0 Å². The van der Waals surface area contributed by atoms with Crippen LogP contribution in [-0.4, -0.2) is 28.8 Å². The Labute approximate surface area is 145 Å².